The topological polar surface area (TPSA) is 80.2 Å². The molecule has 1 fully saturated rings. The molecule has 8 heteroatoms. The maximum Gasteiger partial charge on any atom is 0.327 e. The van der Waals surface area contributed by atoms with Gasteiger partial charge in [-0.25, -0.2) is 14.2 Å². The molecule has 7 nitrogen and oxygen atoms in total. The maximum absolute atomic E-state index is 13.9. The lowest BCUT2D eigenvalue weighted by atomic mass is 10.2. The second-order valence-corrected chi connectivity index (χ2v) is 6.22. The second-order valence-electron chi connectivity index (χ2n) is 6.22. The van der Waals surface area contributed by atoms with Crippen LogP contribution in [0.4, 0.5) is 4.39 Å². The minimum absolute atomic E-state index is 0.0947. The summed E-state index contributed by atoms with van der Waals surface area (Å²) in [6.45, 7) is 0.860. The molecule has 1 atom stereocenters. The number of aromatic amines is 1. The summed E-state index contributed by atoms with van der Waals surface area (Å²) < 4.78 is 20.3. The Hall–Kier alpha value is -3.16. The minimum atomic E-state index is -0.578. The number of fused-ring (bicyclic) bond motifs is 1. The largest absolute Gasteiger partial charge is 0.494 e. The number of nitrogens with zero attached hydrogens (tertiary/aromatic N) is 3. The number of amides is 1. The molecule has 1 amide bonds. The fourth-order valence-corrected chi connectivity index (χ4v) is 3.42. The third kappa shape index (κ3) is 2.63. The van der Waals surface area contributed by atoms with Crippen LogP contribution in [0.15, 0.2) is 41.3 Å². The lowest BCUT2D eigenvalue weighted by molar-refractivity contribution is 0.0787. The molecule has 0 aliphatic carbocycles. The van der Waals surface area contributed by atoms with Crippen molar-refractivity contribution >= 4 is 17.1 Å². The van der Waals surface area contributed by atoms with E-state index in [1.807, 2.05) is 0 Å². The van der Waals surface area contributed by atoms with Crippen molar-refractivity contribution < 1.29 is 13.9 Å². The molecule has 4 rings (SSSR count). The average Bonchev–Trinajstić information content (AvgIpc) is 3.24. The first-order chi connectivity index (χ1) is 12.6. The summed E-state index contributed by atoms with van der Waals surface area (Å²) in [5, 5.41) is 0. The van der Waals surface area contributed by atoms with Gasteiger partial charge in [0.05, 0.1) is 18.7 Å². The van der Waals surface area contributed by atoms with E-state index in [0.717, 1.165) is 0 Å². The van der Waals surface area contributed by atoms with Crippen LogP contribution in [-0.4, -0.2) is 45.5 Å². The molecule has 1 aromatic carbocycles. The number of imidazole rings is 1. The molecule has 3 heterocycles. The third-order valence-corrected chi connectivity index (χ3v) is 4.69. The van der Waals surface area contributed by atoms with E-state index in [1.165, 1.54) is 25.3 Å². The van der Waals surface area contributed by atoms with E-state index in [9.17, 15) is 14.0 Å². The van der Waals surface area contributed by atoms with E-state index in [4.69, 9.17) is 4.74 Å². The summed E-state index contributed by atoms with van der Waals surface area (Å²) in [6, 6.07) is 7.52. The number of carbonyl (C=O) groups excluding carboxylic acids is 1. The Morgan fingerprint density at radius 1 is 1.38 bits per heavy atom. The highest BCUT2D eigenvalue weighted by Gasteiger charge is 2.30. The average molecular weight is 356 g/mol. The zero-order valence-corrected chi connectivity index (χ0v) is 14.1. The summed E-state index contributed by atoms with van der Waals surface area (Å²) in [6.07, 6.45) is 2.26. The van der Waals surface area contributed by atoms with Gasteiger partial charge in [-0.2, -0.15) is 0 Å². The number of nitrogens with one attached hydrogen (secondary N) is 1. The highest BCUT2D eigenvalue weighted by Crippen LogP contribution is 2.25. The van der Waals surface area contributed by atoms with Crippen LogP contribution in [0.25, 0.3) is 11.2 Å². The van der Waals surface area contributed by atoms with E-state index in [2.05, 4.69) is 9.97 Å². The van der Waals surface area contributed by atoms with Gasteiger partial charge < -0.3 is 14.6 Å². The number of H-pyrrole nitrogens is 1. The van der Waals surface area contributed by atoms with Gasteiger partial charge in [0.2, 0.25) is 0 Å². The molecule has 1 aliphatic heterocycles. The molecule has 2 aromatic heterocycles. The molecule has 1 saturated heterocycles. The maximum atomic E-state index is 13.9. The molecule has 0 spiro atoms. The van der Waals surface area contributed by atoms with Crippen LogP contribution in [-0.2, 0) is 0 Å². The van der Waals surface area contributed by atoms with Gasteiger partial charge in [0.15, 0.2) is 17.2 Å². The molecule has 0 unspecified atom stereocenters. The first kappa shape index (κ1) is 16.3. The second kappa shape index (κ2) is 6.29. The SMILES string of the molecule is COc1ccc(C(=O)N2CC[C@@H](n3c(=O)[nH]c4cccnc43)C2)cc1F. The van der Waals surface area contributed by atoms with Crippen molar-refractivity contribution in [2.45, 2.75) is 12.5 Å². The molecule has 26 heavy (non-hydrogen) atoms. The first-order valence-electron chi connectivity index (χ1n) is 8.26. The van der Waals surface area contributed by atoms with Crippen molar-refractivity contribution in [1.29, 1.82) is 0 Å². The lowest BCUT2D eigenvalue weighted by Gasteiger charge is -2.17. The predicted molar refractivity (Wildman–Crippen MR) is 92.9 cm³/mol. The zero-order valence-electron chi connectivity index (χ0n) is 14.1. The van der Waals surface area contributed by atoms with Crippen LogP contribution in [0, 0.1) is 5.82 Å². The number of rotatable bonds is 3. The van der Waals surface area contributed by atoms with E-state index in [1.54, 1.807) is 27.8 Å². The van der Waals surface area contributed by atoms with E-state index in [0.29, 0.717) is 30.7 Å². The fourth-order valence-electron chi connectivity index (χ4n) is 3.42. The van der Waals surface area contributed by atoms with Crippen LogP contribution in [0.3, 0.4) is 0 Å². The third-order valence-electron chi connectivity index (χ3n) is 4.69. The molecule has 3 aromatic rings. The van der Waals surface area contributed by atoms with Gasteiger partial charge in [0.1, 0.15) is 0 Å². The number of methoxy groups -OCH3 is 1. The monoisotopic (exact) mass is 356 g/mol. The highest BCUT2D eigenvalue weighted by atomic mass is 19.1. The molecular weight excluding hydrogens is 339 g/mol. The number of carbonyl (C=O) groups is 1. The fraction of sp³-hybridized carbons (Fsp3) is 0.278. The van der Waals surface area contributed by atoms with Gasteiger partial charge in [-0.3, -0.25) is 9.36 Å². The molecule has 0 radical (unpaired) electrons. The van der Waals surface area contributed by atoms with Crippen LogP contribution in [0.5, 0.6) is 5.75 Å². The Labute approximate surface area is 148 Å². The van der Waals surface area contributed by atoms with Gasteiger partial charge in [0.25, 0.3) is 5.91 Å². The first-order valence-corrected chi connectivity index (χ1v) is 8.26. The smallest absolute Gasteiger partial charge is 0.327 e. The summed E-state index contributed by atoms with van der Waals surface area (Å²) in [5.74, 6) is -0.752. The number of ether oxygens (including phenoxy) is 1. The van der Waals surface area contributed by atoms with Gasteiger partial charge in [-0.1, -0.05) is 0 Å². The number of likely N-dealkylation sites (tertiary alicyclic amines) is 1. The Bertz CT molecular complexity index is 1040. The Morgan fingerprint density at radius 3 is 3.00 bits per heavy atom. The summed E-state index contributed by atoms with van der Waals surface area (Å²) in [4.78, 5) is 33.6. The van der Waals surface area contributed by atoms with Gasteiger partial charge in [-0.05, 0) is 36.8 Å². The van der Waals surface area contributed by atoms with Crippen LogP contribution >= 0.6 is 0 Å². The van der Waals surface area contributed by atoms with Gasteiger partial charge >= 0.3 is 5.69 Å². The summed E-state index contributed by atoms with van der Waals surface area (Å²) >= 11 is 0. The normalized spacial score (nSPS) is 17.0. The van der Waals surface area contributed by atoms with Crippen LogP contribution in [0.2, 0.25) is 0 Å². The number of benzene rings is 1. The number of pyridine rings is 1. The summed E-state index contributed by atoms with van der Waals surface area (Å²) in [5.41, 5.74) is 1.26. The minimum Gasteiger partial charge on any atom is -0.494 e. The Kier molecular flexibility index (Phi) is 3.95. The zero-order chi connectivity index (χ0) is 18.3. The lowest BCUT2D eigenvalue weighted by Crippen LogP contribution is -2.31. The quantitative estimate of drug-likeness (QED) is 0.778. The summed E-state index contributed by atoms with van der Waals surface area (Å²) in [7, 11) is 1.37. The molecule has 1 N–H and O–H groups in total. The molecule has 1 aliphatic rings. The van der Waals surface area contributed by atoms with Crippen molar-refractivity contribution in [3.05, 3.63) is 58.4 Å². The molecular formula is C18H17FN4O3. The predicted octanol–water partition coefficient (Wildman–Crippen LogP) is 1.96. The van der Waals surface area contributed by atoms with Crippen LogP contribution < -0.4 is 10.4 Å². The number of aromatic nitrogens is 3. The number of hydrogen-bond donors (Lipinski definition) is 1. The highest BCUT2D eigenvalue weighted by molar-refractivity contribution is 5.94. The van der Waals surface area contributed by atoms with Crippen molar-refractivity contribution in [1.82, 2.24) is 19.4 Å². The molecule has 134 valence electrons. The van der Waals surface area contributed by atoms with Crippen molar-refractivity contribution in [3.8, 4) is 5.75 Å². The van der Waals surface area contributed by atoms with Crippen LogP contribution in [0.1, 0.15) is 22.8 Å². The Balaban J connectivity index is 1.58. The van der Waals surface area contributed by atoms with Crippen molar-refractivity contribution in [3.63, 3.8) is 0 Å². The number of halogens is 1. The number of hydrogen-bond acceptors (Lipinski definition) is 4. The van der Waals surface area contributed by atoms with E-state index < -0.39 is 5.82 Å². The molecule has 0 saturated carbocycles. The van der Waals surface area contributed by atoms with Crippen molar-refractivity contribution in [2.24, 2.45) is 0 Å². The van der Waals surface area contributed by atoms with E-state index >= 15 is 0 Å². The van der Waals surface area contributed by atoms with E-state index in [-0.39, 0.29) is 29.0 Å². The Morgan fingerprint density at radius 2 is 2.23 bits per heavy atom. The van der Waals surface area contributed by atoms with Crippen molar-refractivity contribution in [2.75, 3.05) is 20.2 Å². The van der Waals surface area contributed by atoms with Gasteiger partial charge in [-0.15, -0.1) is 0 Å². The standard InChI is InChI=1S/C18H17FN4O3/c1-26-15-5-4-11(9-13(15)19)17(24)22-8-6-12(10-22)23-16-14(21-18(23)25)3-2-7-20-16/h2-5,7,9,12H,6,8,10H2,1H3,(H,21,25)/t12-/m1/s1. The van der Waals surface area contributed by atoms with Gasteiger partial charge in [0, 0.05) is 24.8 Å². The molecule has 0 bridgehead atoms.